The molecule has 0 bridgehead atoms. The molecular formula is C12H26N2O4S. The minimum absolute atomic E-state index is 0.192. The van der Waals surface area contributed by atoms with Gasteiger partial charge in [-0.3, -0.25) is 0 Å². The summed E-state index contributed by atoms with van der Waals surface area (Å²) >= 11 is 0. The first kappa shape index (κ1) is 16.8. The molecule has 2 N–H and O–H groups in total. The molecule has 1 saturated carbocycles. The molecule has 0 aromatic rings. The van der Waals surface area contributed by atoms with Crippen molar-refractivity contribution in [1.82, 2.24) is 10.0 Å². The highest BCUT2D eigenvalue weighted by Crippen LogP contribution is 2.18. The number of ether oxygens (including phenoxy) is 2. The maximum absolute atomic E-state index is 11.6. The first-order chi connectivity index (χ1) is 9.14. The van der Waals surface area contributed by atoms with Crippen molar-refractivity contribution in [3.8, 4) is 0 Å². The lowest BCUT2D eigenvalue weighted by Gasteiger charge is -2.07. The first-order valence-electron chi connectivity index (χ1n) is 6.91. The fraction of sp³-hybridized carbons (Fsp3) is 1.00. The van der Waals surface area contributed by atoms with E-state index in [1.54, 1.807) is 7.11 Å². The van der Waals surface area contributed by atoms with Crippen LogP contribution in [0, 0.1) is 0 Å². The van der Waals surface area contributed by atoms with E-state index < -0.39 is 10.0 Å². The topological polar surface area (TPSA) is 76.7 Å². The molecular weight excluding hydrogens is 268 g/mol. The Morgan fingerprint density at radius 1 is 1.11 bits per heavy atom. The Bertz CT molecular complexity index is 318. The third-order valence-electron chi connectivity index (χ3n) is 2.82. The highest BCUT2D eigenvalue weighted by atomic mass is 32.2. The molecule has 0 radical (unpaired) electrons. The van der Waals surface area contributed by atoms with Gasteiger partial charge < -0.3 is 14.8 Å². The molecule has 1 fully saturated rings. The molecule has 1 aliphatic rings. The average molecular weight is 294 g/mol. The third-order valence-corrected chi connectivity index (χ3v) is 4.29. The van der Waals surface area contributed by atoms with Crippen molar-refractivity contribution >= 4 is 10.0 Å². The van der Waals surface area contributed by atoms with Crippen LogP contribution in [-0.4, -0.2) is 60.2 Å². The molecule has 1 aliphatic carbocycles. The highest BCUT2D eigenvalue weighted by molar-refractivity contribution is 7.89. The van der Waals surface area contributed by atoms with E-state index in [1.165, 1.54) is 12.8 Å². The summed E-state index contributed by atoms with van der Waals surface area (Å²) in [7, 11) is -1.51. The summed E-state index contributed by atoms with van der Waals surface area (Å²) in [5.41, 5.74) is 0. The van der Waals surface area contributed by atoms with Crippen LogP contribution in [0.4, 0.5) is 0 Å². The summed E-state index contributed by atoms with van der Waals surface area (Å²) in [4.78, 5) is 0. The quantitative estimate of drug-likeness (QED) is 0.471. The SMILES string of the molecule is COCCOCCCNS(=O)(=O)CCCNC1CC1. The van der Waals surface area contributed by atoms with E-state index in [2.05, 4.69) is 10.0 Å². The molecule has 114 valence electrons. The minimum Gasteiger partial charge on any atom is -0.382 e. The van der Waals surface area contributed by atoms with Crippen molar-refractivity contribution < 1.29 is 17.9 Å². The molecule has 7 heteroatoms. The van der Waals surface area contributed by atoms with Gasteiger partial charge in [0.2, 0.25) is 10.0 Å². The summed E-state index contributed by atoms with van der Waals surface area (Å²) in [5, 5.41) is 3.30. The molecule has 0 amide bonds. The number of methoxy groups -OCH3 is 1. The second kappa shape index (κ2) is 9.66. The van der Waals surface area contributed by atoms with Gasteiger partial charge in [0.1, 0.15) is 0 Å². The molecule has 0 aromatic heterocycles. The second-order valence-corrected chi connectivity index (χ2v) is 6.68. The van der Waals surface area contributed by atoms with Gasteiger partial charge in [0.05, 0.1) is 19.0 Å². The van der Waals surface area contributed by atoms with Crippen LogP contribution in [0.15, 0.2) is 0 Å². The average Bonchev–Trinajstić information content (AvgIpc) is 3.18. The predicted molar refractivity (Wildman–Crippen MR) is 74.7 cm³/mol. The Morgan fingerprint density at radius 3 is 2.58 bits per heavy atom. The number of rotatable bonds is 13. The third kappa shape index (κ3) is 10.3. The molecule has 0 unspecified atom stereocenters. The highest BCUT2D eigenvalue weighted by Gasteiger charge is 2.20. The van der Waals surface area contributed by atoms with Gasteiger partial charge in [-0.1, -0.05) is 0 Å². The van der Waals surface area contributed by atoms with Gasteiger partial charge in [0, 0.05) is 26.3 Å². The summed E-state index contributed by atoms with van der Waals surface area (Å²) in [6.07, 6.45) is 3.81. The van der Waals surface area contributed by atoms with Crippen LogP contribution in [0.3, 0.4) is 0 Å². The van der Waals surface area contributed by atoms with Gasteiger partial charge in [-0.15, -0.1) is 0 Å². The van der Waals surface area contributed by atoms with Crippen molar-refractivity contribution in [3.05, 3.63) is 0 Å². The zero-order valence-corrected chi connectivity index (χ0v) is 12.5. The van der Waals surface area contributed by atoms with Crippen molar-refractivity contribution in [2.24, 2.45) is 0 Å². The van der Waals surface area contributed by atoms with Crippen molar-refractivity contribution in [3.63, 3.8) is 0 Å². The fourth-order valence-electron chi connectivity index (χ4n) is 1.57. The Hall–Kier alpha value is -0.210. The largest absolute Gasteiger partial charge is 0.382 e. The van der Waals surface area contributed by atoms with Crippen LogP contribution in [0.1, 0.15) is 25.7 Å². The number of hydrogen-bond acceptors (Lipinski definition) is 5. The Morgan fingerprint density at radius 2 is 1.89 bits per heavy atom. The van der Waals surface area contributed by atoms with E-state index in [4.69, 9.17) is 9.47 Å². The molecule has 1 rings (SSSR count). The number of nitrogens with one attached hydrogen (secondary N) is 2. The van der Waals surface area contributed by atoms with Crippen LogP contribution in [0.25, 0.3) is 0 Å². The van der Waals surface area contributed by atoms with Gasteiger partial charge in [-0.05, 0) is 32.2 Å². The van der Waals surface area contributed by atoms with Gasteiger partial charge in [0.15, 0.2) is 0 Å². The molecule has 0 atom stereocenters. The van der Waals surface area contributed by atoms with Crippen molar-refractivity contribution in [1.29, 1.82) is 0 Å². The molecule has 0 aromatic carbocycles. The molecule has 0 saturated heterocycles. The Labute approximate surface area is 116 Å². The Balaban J connectivity index is 1.90. The van der Waals surface area contributed by atoms with Gasteiger partial charge in [-0.2, -0.15) is 0 Å². The summed E-state index contributed by atoms with van der Waals surface area (Å²) in [5.74, 6) is 0.192. The molecule has 6 nitrogen and oxygen atoms in total. The zero-order valence-electron chi connectivity index (χ0n) is 11.7. The Kier molecular flexibility index (Phi) is 8.56. The van der Waals surface area contributed by atoms with E-state index >= 15 is 0 Å². The molecule has 19 heavy (non-hydrogen) atoms. The summed E-state index contributed by atoms with van der Waals surface area (Å²) in [6.45, 7) is 2.89. The summed E-state index contributed by atoms with van der Waals surface area (Å²) in [6, 6.07) is 0.639. The van der Waals surface area contributed by atoms with Crippen molar-refractivity contribution in [2.45, 2.75) is 31.7 Å². The monoisotopic (exact) mass is 294 g/mol. The lowest BCUT2D eigenvalue weighted by Crippen LogP contribution is -2.30. The van der Waals surface area contributed by atoms with Gasteiger partial charge in [0.25, 0.3) is 0 Å². The van der Waals surface area contributed by atoms with Crippen LogP contribution < -0.4 is 10.0 Å². The molecule has 0 heterocycles. The smallest absolute Gasteiger partial charge is 0.211 e. The maximum Gasteiger partial charge on any atom is 0.211 e. The van der Waals surface area contributed by atoms with Crippen molar-refractivity contribution in [2.75, 3.05) is 45.8 Å². The van der Waals surface area contributed by atoms with Crippen LogP contribution >= 0.6 is 0 Å². The van der Waals surface area contributed by atoms with Gasteiger partial charge >= 0.3 is 0 Å². The lowest BCUT2D eigenvalue weighted by molar-refractivity contribution is 0.0699. The molecule has 0 aliphatic heterocycles. The van der Waals surface area contributed by atoms with Crippen LogP contribution in [-0.2, 0) is 19.5 Å². The number of sulfonamides is 1. The fourth-order valence-corrected chi connectivity index (χ4v) is 2.70. The standard InChI is InChI=1S/C12H26N2O4S/c1-17-9-10-18-8-2-7-14-19(15,16)11-3-6-13-12-4-5-12/h12-14H,2-11H2,1H3. The van der Waals surface area contributed by atoms with Crippen LogP contribution in [0.5, 0.6) is 0 Å². The zero-order chi connectivity index (χ0) is 14.0. The van der Waals surface area contributed by atoms with E-state index in [0.717, 1.165) is 6.54 Å². The van der Waals surface area contributed by atoms with E-state index in [9.17, 15) is 8.42 Å². The van der Waals surface area contributed by atoms with Gasteiger partial charge in [-0.25, -0.2) is 13.1 Å². The molecule has 0 spiro atoms. The van der Waals surface area contributed by atoms with E-state index in [1.807, 2.05) is 0 Å². The van der Waals surface area contributed by atoms with Crippen LogP contribution in [0.2, 0.25) is 0 Å². The van der Waals surface area contributed by atoms with E-state index in [-0.39, 0.29) is 5.75 Å². The maximum atomic E-state index is 11.6. The summed E-state index contributed by atoms with van der Waals surface area (Å²) < 4.78 is 35.9. The second-order valence-electron chi connectivity index (χ2n) is 4.75. The predicted octanol–water partition coefficient (Wildman–Crippen LogP) is 0.101. The number of hydrogen-bond donors (Lipinski definition) is 2. The normalized spacial score (nSPS) is 15.8. The lowest BCUT2D eigenvalue weighted by atomic mass is 10.5. The van der Waals surface area contributed by atoms with E-state index in [0.29, 0.717) is 45.2 Å². The minimum atomic E-state index is -3.13. The first-order valence-corrected chi connectivity index (χ1v) is 8.56.